The maximum absolute atomic E-state index is 12.6. The Bertz CT molecular complexity index is 551. The fourth-order valence-corrected chi connectivity index (χ4v) is 2.31. The van der Waals surface area contributed by atoms with Crippen molar-refractivity contribution in [3.05, 3.63) is 71.8 Å². The Labute approximate surface area is 118 Å². The van der Waals surface area contributed by atoms with E-state index in [-0.39, 0.29) is 11.9 Å². The molecule has 1 amide bonds. The summed E-state index contributed by atoms with van der Waals surface area (Å²) in [5.41, 5.74) is -0.459. The smallest absolute Gasteiger partial charge is 0.261 e. The molecular formula is C17H17NO2. The fourth-order valence-electron chi connectivity index (χ4n) is 2.31. The minimum Gasteiger partial charge on any atom is -0.372 e. The minimum atomic E-state index is -1.63. The highest BCUT2D eigenvalue weighted by Crippen LogP contribution is 2.31. The molecular weight excluding hydrogens is 250 g/mol. The third-order valence-corrected chi connectivity index (χ3v) is 3.62. The summed E-state index contributed by atoms with van der Waals surface area (Å²) in [6, 6.07) is 18.4. The predicted molar refractivity (Wildman–Crippen MR) is 77.0 cm³/mol. The molecule has 2 aromatic carbocycles. The molecule has 0 saturated heterocycles. The molecule has 3 rings (SSSR count). The van der Waals surface area contributed by atoms with Crippen LogP contribution in [0, 0.1) is 0 Å². The Morgan fingerprint density at radius 2 is 1.40 bits per heavy atom. The molecule has 102 valence electrons. The molecule has 0 bridgehead atoms. The lowest BCUT2D eigenvalue weighted by molar-refractivity contribution is -0.136. The molecule has 1 saturated carbocycles. The van der Waals surface area contributed by atoms with Crippen LogP contribution in [-0.4, -0.2) is 17.1 Å². The van der Waals surface area contributed by atoms with Gasteiger partial charge in [0.25, 0.3) is 5.91 Å². The average molecular weight is 267 g/mol. The summed E-state index contributed by atoms with van der Waals surface area (Å²) in [5.74, 6) is -0.350. The summed E-state index contributed by atoms with van der Waals surface area (Å²) < 4.78 is 0. The van der Waals surface area contributed by atoms with Crippen molar-refractivity contribution in [1.29, 1.82) is 0 Å². The van der Waals surface area contributed by atoms with Crippen molar-refractivity contribution in [3.8, 4) is 0 Å². The lowest BCUT2D eigenvalue weighted by Gasteiger charge is -2.28. The van der Waals surface area contributed by atoms with Crippen LogP contribution in [-0.2, 0) is 10.4 Å². The van der Waals surface area contributed by atoms with Crippen LogP contribution in [0.25, 0.3) is 0 Å². The summed E-state index contributed by atoms with van der Waals surface area (Å²) >= 11 is 0. The third kappa shape index (κ3) is 2.32. The van der Waals surface area contributed by atoms with E-state index in [1.807, 2.05) is 36.4 Å². The van der Waals surface area contributed by atoms with E-state index in [0.717, 1.165) is 12.8 Å². The Balaban J connectivity index is 2.04. The number of carbonyl (C=O) groups excluding carboxylic acids is 1. The first-order valence-electron chi connectivity index (χ1n) is 6.85. The van der Waals surface area contributed by atoms with E-state index in [1.54, 1.807) is 24.3 Å². The van der Waals surface area contributed by atoms with Crippen LogP contribution in [0.3, 0.4) is 0 Å². The monoisotopic (exact) mass is 267 g/mol. The topological polar surface area (TPSA) is 49.3 Å². The van der Waals surface area contributed by atoms with Gasteiger partial charge in [-0.3, -0.25) is 4.79 Å². The van der Waals surface area contributed by atoms with Crippen molar-refractivity contribution in [3.63, 3.8) is 0 Å². The molecule has 0 aliphatic heterocycles. The molecule has 3 nitrogen and oxygen atoms in total. The zero-order chi connectivity index (χ0) is 14.0. The summed E-state index contributed by atoms with van der Waals surface area (Å²) in [6.45, 7) is 0. The second-order valence-electron chi connectivity index (χ2n) is 5.19. The van der Waals surface area contributed by atoms with Gasteiger partial charge in [-0.25, -0.2) is 0 Å². The van der Waals surface area contributed by atoms with Crippen molar-refractivity contribution in [2.24, 2.45) is 0 Å². The van der Waals surface area contributed by atoms with E-state index in [9.17, 15) is 9.90 Å². The Kier molecular flexibility index (Phi) is 3.28. The fraction of sp³-hybridized carbons (Fsp3) is 0.235. The van der Waals surface area contributed by atoms with Crippen molar-refractivity contribution >= 4 is 5.91 Å². The second-order valence-corrected chi connectivity index (χ2v) is 5.19. The van der Waals surface area contributed by atoms with Crippen molar-refractivity contribution < 1.29 is 9.90 Å². The van der Waals surface area contributed by atoms with Crippen LogP contribution >= 0.6 is 0 Å². The first-order valence-corrected chi connectivity index (χ1v) is 6.85. The highest BCUT2D eigenvalue weighted by molar-refractivity contribution is 5.90. The molecule has 1 aliphatic rings. The molecule has 20 heavy (non-hydrogen) atoms. The first kappa shape index (κ1) is 12.9. The first-order chi connectivity index (χ1) is 9.71. The van der Waals surface area contributed by atoms with E-state index >= 15 is 0 Å². The Morgan fingerprint density at radius 1 is 0.950 bits per heavy atom. The van der Waals surface area contributed by atoms with Gasteiger partial charge in [0.15, 0.2) is 5.60 Å². The lowest BCUT2D eigenvalue weighted by Crippen LogP contribution is -2.46. The van der Waals surface area contributed by atoms with Gasteiger partial charge in [-0.1, -0.05) is 60.7 Å². The zero-order valence-corrected chi connectivity index (χ0v) is 11.1. The lowest BCUT2D eigenvalue weighted by atomic mass is 9.85. The highest BCUT2D eigenvalue weighted by atomic mass is 16.3. The van der Waals surface area contributed by atoms with Crippen LogP contribution < -0.4 is 5.32 Å². The number of hydrogen-bond donors (Lipinski definition) is 2. The molecule has 2 N–H and O–H groups in total. The quantitative estimate of drug-likeness (QED) is 0.892. The van der Waals surface area contributed by atoms with E-state index in [2.05, 4.69) is 5.32 Å². The van der Waals surface area contributed by atoms with Crippen molar-refractivity contribution in [1.82, 2.24) is 5.32 Å². The van der Waals surface area contributed by atoms with Crippen LogP contribution in [0.2, 0.25) is 0 Å². The van der Waals surface area contributed by atoms with E-state index in [0.29, 0.717) is 11.1 Å². The molecule has 1 fully saturated rings. The molecule has 0 atom stereocenters. The van der Waals surface area contributed by atoms with Gasteiger partial charge in [-0.05, 0) is 24.0 Å². The standard InChI is InChI=1S/C17H17NO2/c19-16(18-15-11-12-15)17(20,13-7-3-1-4-8-13)14-9-5-2-6-10-14/h1-10,15,20H,11-12H2,(H,18,19). The minimum absolute atomic E-state index is 0.210. The molecule has 0 aromatic heterocycles. The predicted octanol–water partition coefficient (Wildman–Crippen LogP) is 2.20. The number of amides is 1. The number of carbonyl (C=O) groups is 1. The third-order valence-electron chi connectivity index (χ3n) is 3.62. The SMILES string of the molecule is O=C(NC1CC1)C(O)(c1ccccc1)c1ccccc1. The molecule has 3 heteroatoms. The molecule has 2 aromatic rings. The van der Waals surface area contributed by atoms with Gasteiger partial charge in [0.1, 0.15) is 0 Å². The molecule has 0 heterocycles. The zero-order valence-electron chi connectivity index (χ0n) is 11.1. The highest BCUT2D eigenvalue weighted by Gasteiger charge is 2.41. The number of hydrogen-bond acceptors (Lipinski definition) is 2. The van der Waals surface area contributed by atoms with Gasteiger partial charge in [-0.15, -0.1) is 0 Å². The maximum Gasteiger partial charge on any atom is 0.261 e. The summed E-state index contributed by atoms with van der Waals surface area (Å²) in [4.78, 5) is 12.6. The van der Waals surface area contributed by atoms with Crippen LogP contribution in [0.15, 0.2) is 60.7 Å². The van der Waals surface area contributed by atoms with Crippen molar-refractivity contribution in [2.75, 3.05) is 0 Å². The van der Waals surface area contributed by atoms with E-state index in [4.69, 9.17) is 0 Å². The molecule has 0 radical (unpaired) electrons. The van der Waals surface area contributed by atoms with Gasteiger partial charge in [0.05, 0.1) is 0 Å². The normalized spacial score (nSPS) is 14.8. The maximum atomic E-state index is 12.6. The Hall–Kier alpha value is -2.13. The summed E-state index contributed by atoms with van der Waals surface area (Å²) in [6.07, 6.45) is 1.98. The van der Waals surface area contributed by atoms with Gasteiger partial charge < -0.3 is 10.4 Å². The number of benzene rings is 2. The Morgan fingerprint density at radius 3 is 1.80 bits per heavy atom. The summed E-state index contributed by atoms with van der Waals surface area (Å²) in [5, 5.41) is 14.0. The number of aliphatic hydroxyl groups is 1. The van der Waals surface area contributed by atoms with Gasteiger partial charge in [0, 0.05) is 6.04 Å². The molecule has 1 aliphatic carbocycles. The number of nitrogens with one attached hydrogen (secondary N) is 1. The van der Waals surface area contributed by atoms with E-state index < -0.39 is 5.60 Å². The number of rotatable bonds is 4. The summed E-state index contributed by atoms with van der Waals surface area (Å²) in [7, 11) is 0. The largest absolute Gasteiger partial charge is 0.372 e. The van der Waals surface area contributed by atoms with Gasteiger partial charge in [0.2, 0.25) is 0 Å². The van der Waals surface area contributed by atoms with Crippen LogP contribution in [0.1, 0.15) is 24.0 Å². The van der Waals surface area contributed by atoms with Crippen molar-refractivity contribution in [2.45, 2.75) is 24.5 Å². The molecule has 0 unspecified atom stereocenters. The molecule has 0 spiro atoms. The van der Waals surface area contributed by atoms with E-state index in [1.165, 1.54) is 0 Å². The van der Waals surface area contributed by atoms with Crippen LogP contribution in [0.4, 0.5) is 0 Å². The van der Waals surface area contributed by atoms with Crippen LogP contribution in [0.5, 0.6) is 0 Å². The van der Waals surface area contributed by atoms with Gasteiger partial charge >= 0.3 is 0 Å². The average Bonchev–Trinajstić information content (AvgIpc) is 3.32. The second kappa shape index (κ2) is 5.10. The van der Waals surface area contributed by atoms with Gasteiger partial charge in [-0.2, -0.15) is 0 Å².